The van der Waals surface area contributed by atoms with E-state index in [4.69, 9.17) is 0 Å². The minimum Gasteiger partial charge on any atom is -0.367 e. The van der Waals surface area contributed by atoms with Crippen molar-refractivity contribution in [3.8, 4) is 0 Å². The van der Waals surface area contributed by atoms with Crippen LogP contribution in [0.15, 0.2) is 12.3 Å². The summed E-state index contributed by atoms with van der Waals surface area (Å²) in [7, 11) is -1.79. The highest BCUT2D eigenvalue weighted by atomic mass is 28.4. The molecule has 1 nitrogen and oxygen atoms in total. The lowest BCUT2D eigenvalue weighted by atomic mass is 11.3. The van der Waals surface area contributed by atoms with Crippen LogP contribution in [0.3, 0.4) is 0 Å². The minimum atomic E-state index is -1.25. The largest absolute Gasteiger partial charge is 0.367 e. The summed E-state index contributed by atoms with van der Waals surface area (Å²) in [4.78, 5) is 0. The van der Waals surface area contributed by atoms with E-state index in [1.54, 1.807) is 0 Å². The Kier molecular flexibility index (Phi) is 4.68. The van der Waals surface area contributed by atoms with Crippen molar-refractivity contribution < 1.29 is 0 Å². The number of nitrogens with zero attached hydrogens (tertiary/aromatic N) is 1. The van der Waals surface area contributed by atoms with E-state index in [1.807, 2.05) is 0 Å². The Hall–Kier alpha value is 0.351. The molecule has 0 heterocycles. The summed E-state index contributed by atoms with van der Waals surface area (Å²) >= 11 is 0. The Balaban J connectivity index is 4.61. The molecule has 0 N–H and O–H groups in total. The van der Waals surface area contributed by atoms with Crippen molar-refractivity contribution in [2.45, 2.75) is 39.3 Å². The predicted octanol–water partition coefficient (Wildman–Crippen LogP) is 2.72. The van der Waals surface area contributed by atoms with Gasteiger partial charge in [0.05, 0.1) is 0 Å². The van der Waals surface area contributed by atoms with E-state index < -0.39 is 8.24 Å². The highest BCUT2D eigenvalue weighted by Gasteiger charge is 2.30. The molecule has 0 atom stereocenters. The van der Waals surface area contributed by atoms with Gasteiger partial charge in [-0.2, -0.15) is 0 Å². The van der Waals surface area contributed by atoms with Crippen molar-refractivity contribution in [1.82, 2.24) is 3.90 Å². The van der Waals surface area contributed by atoms with E-state index >= 15 is 0 Å². The molecule has 12 heavy (non-hydrogen) atoms. The van der Waals surface area contributed by atoms with Crippen molar-refractivity contribution in [3.63, 3.8) is 0 Å². The zero-order valence-corrected chi connectivity index (χ0v) is 12.2. The molecule has 2 radical (unpaired) electrons. The number of rotatable bonds is 4. The first kappa shape index (κ1) is 12.4. The summed E-state index contributed by atoms with van der Waals surface area (Å²) in [5, 5.41) is 0. The Morgan fingerprint density at radius 2 is 1.42 bits per heavy atom. The van der Waals surface area contributed by atoms with Gasteiger partial charge in [0.2, 0.25) is 0 Å². The summed E-state index contributed by atoms with van der Waals surface area (Å²) in [5.41, 5.74) is 2.21. The third-order valence-electron chi connectivity index (χ3n) is 1.97. The lowest BCUT2D eigenvalue weighted by Crippen LogP contribution is -2.58. The van der Waals surface area contributed by atoms with Gasteiger partial charge in [0, 0.05) is 0 Å². The van der Waals surface area contributed by atoms with Gasteiger partial charge >= 0.3 is 0 Å². The smallest absolute Gasteiger partial charge is 0.132 e. The van der Waals surface area contributed by atoms with Crippen LogP contribution in [0.4, 0.5) is 0 Å². The minimum absolute atomic E-state index is 0.273. The van der Waals surface area contributed by atoms with Gasteiger partial charge in [0.1, 0.15) is 26.2 Å². The van der Waals surface area contributed by atoms with Gasteiger partial charge in [0.15, 0.2) is 0 Å². The van der Waals surface area contributed by atoms with Crippen molar-refractivity contribution in [1.29, 1.82) is 0 Å². The molecule has 0 aromatic carbocycles. The lowest BCUT2D eigenvalue weighted by molar-refractivity contribution is 0.975. The van der Waals surface area contributed by atoms with E-state index in [0.29, 0.717) is 0 Å². The first-order valence-corrected chi connectivity index (χ1v) is 12.3. The van der Waals surface area contributed by atoms with Gasteiger partial charge in [-0.3, -0.25) is 0 Å². The summed E-state index contributed by atoms with van der Waals surface area (Å²) in [6, 6.07) is 0. The molecular weight excluding hydrogens is 194 g/mol. The van der Waals surface area contributed by atoms with Gasteiger partial charge in [-0.1, -0.05) is 45.0 Å². The van der Waals surface area contributed by atoms with Gasteiger partial charge in [-0.15, -0.1) is 6.58 Å². The summed E-state index contributed by atoms with van der Waals surface area (Å²) in [5.74, 6) is 0. The summed E-state index contributed by atoms with van der Waals surface area (Å²) < 4.78 is 2.80. The Bertz CT molecular complexity index is 146. The third kappa shape index (κ3) is 3.01. The molecule has 0 unspecified atom stereocenters. The molecule has 0 amide bonds. The molecule has 70 valence electrons. The molecule has 0 rings (SSSR count). The van der Waals surface area contributed by atoms with Crippen molar-refractivity contribution in [2.75, 3.05) is 0 Å². The molecule has 0 spiro atoms. The van der Waals surface area contributed by atoms with Crippen molar-refractivity contribution in [3.05, 3.63) is 12.3 Å². The number of hydrogen-bond donors (Lipinski definition) is 0. The molecule has 0 aromatic rings. The third-order valence-corrected chi connectivity index (χ3v) is 14.7. The van der Waals surface area contributed by atoms with Crippen molar-refractivity contribution in [2.24, 2.45) is 0 Å². The molecule has 0 aliphatic rings. The maximum atomic E-state index is 3.97. The van der Waals surface area contributed by atoms with Crippen LogP contribution in [0.25, 0.3) is 0 Å². The van der Waals surface area contributed by atoms with Crippen LogP contribution in [0.1, 0.15) is 0 Å². The fourth-order valence-electron chi connectivity index (χ4n) is 1.69. The maximum absolute atomic E-state index is 3.97. The molecule has 0 aromatic heterocycles. The molecule has 0 saturated heterocycles. The fourth-order valence-corrected chi connectivity index (χ4v) is 15.2. The molecule has 0 aliphatic heterocycles. The summed E-state index contributed by atoms with van der Waals surface area (Å²) in [6.07, 6.45) is 0. The van der Waals surface area contributed by atoms with Crippen LogP contribution >= 0.6 is 0 Å². The second-order valence-electron chi connectivity index (χ2n) is 4.09. The van der Waals surface area contributed by atoms with E-state index in [2.05, 4.69) is 55.5 Å². The Morgan fingerprint density at radius 3 is 1.50 bits per heavy atom. The second-order valence-corrected chi connectivity index (χ2v) is 14.3. The van der Waals surface area contributed by atoms with Crippen LogP contribution in [0.2, 0.25) is 39.3 Å². The molecular formula is C8H21NSi3. The predicted molar refractivity (Wildman–Crippen MR) is 64.5 cm³/mol. The highest BCUT2D eigenvalue weighted by Crippen LogP contribution is 2.15. The first-order chi connectivity index (χ1) is 5.33. The SMILES string of the molecule is C=C[Si](C)(C)N([Si](C)C)[Si](C)C. The monoisotopic (exact) mass is 215 g/mol. The van der Waals surface area contributed by atoms with Gasteiger partial charge in [-0.25, -0.2) is 0 Å². The van der Waals surface area contributed by atoms with E-state index in [9.17, 15) is 0 Å². The average Bonchev–Trinajstić information content (AvgIpc) is 1.84. The van der Waals surface area contributed by atoms with Crippen LogP contribution in [-0.4, -0.2) is 30.0 Å². The lowest BCUT2D eigenvalue weighted by Gasteiger charge is -2.40. The maximum Gasteiger partial charge on any atom is 0.132 e. The standard InChI is InChI=1S/C8H21NSi3/c1-8-12(6,7)9(10(2)3)11(4)5/h8H,1H2,2-7H3. The van der Waals surface area contributed by atoms with Crippen LogP contribution in [0.5, 0.6) is 0 Å². The second kappa shape index (κ2) is 4.55. The van der Waals surface area contributed by atoms with Gasteiger partial charge < -0.3 is 3.90 Å². The molecule has 4 heteroatoms. The van der Waals surface area contributed by atoms with Crippen molar-refractivity contribution >= 4 is 26.2 Å². The number of hydrogen-bond acceptors (Lipinski definition) is 1. The van der Waals surface area contributed by atoms with Crippen LogP contribution < -0.4 is 0 Å². The van der Waals surface area contributed by atoms with E-state index in [-0.39, 0.29) is 17.9 Å². The average molecular weight is 216 g/mol. The zero-order valence-electron chi connectivity index (χ0n) is 9.23. The molecule has 0 fully saturated rings. The van der Waals surface area contributed by atoms with E-state index in [1.165, 1.54) is 0 Å². The molecule has 0 aliphatic carbocycles. The van der Waals surface area contributed by atoms with Crippen LogP contribution in [0, 0.1) is 0 Å². The normalized spacial score (nSPS) is 13.1. The zero-order chi connectivity index (χ0) is 9.94. The van der Waals surface area contributed by atoms with Crippen LogP contribution in [-0.2, 0) is 0 Å². The Labute approximate surface area is 81.9 Å². The fraction of sp³-hybridized carbons (Fsp3) is 0.750. The Morgan fingerprint density at radius 1 is 1.08 bits per heavy atom. The quantitative estimate of drug-likeness (QED) is 0.652. The van der Waals surface area contributed by atoms with Gasteiger partial charge in [-0.05, 0) is 0 Å². The van der Waals surface area contributed by atoms with Gasteiger partial charge in [0.25, 0.3) is 0 Å². The highest BCUT2D eigenvalue weighted by molar-refractivity contribution is 6.96. The summed E-state index contributed by atoms with van der Waals surface area (Å²) in [6.45, 7) is 18.3. The first-order valence-electron chi connectivity index (χ1n) is 4.37. The topological polar surface area (TPSA) is 3.24 Å². The molecule has 0 bridgehead atoms. The van der Waals surface area contributed by atoms with E-state index in [0.717, 1.165) is 0 Å². The molecule has 0 saturated carbocycles.